The van der Waals surface area contributed by atoms with Crippen LogP contribution in [0.1, 0.15) is 25.3 Å². The van der Waals surface area contributed by atoms with Crippen molar-refractivity contribution in [1.82, 2.24) is 10.6 Å². The summed E-state index contributed by atoms with van der Waals surface area (Å²) in [6, 6.07) is 3.94. The molecule has 25 heavy (non-hydrogen) atoms. The Hall–Kier alpha value is -0.740. The number of hydrogen-bond acceptors (Lipinski definition) is 4. The molecule has 0 radical (unpaired) electrons. The fraction of sp³-hybridized carbons (Fsp3) is 0.588. The fourth-order valence-electron chi connectivity index (χ4n) is 2.59. The van der Waals surface area contributed by atoms with Crippen LogP contribution in [0.15, 0.2) is 21.6 Å². The van der Waals surface area contributed by atoms with E-state index in [0.29, 0.717) is 18.0 Å². The van der Waals surface area contributed by atoms with E-state index in [9.17, 15) is 0 Å². The Balaban J connectivity index is 0.00000312. The van der Waals surface area contributed by atoms with Gasteiger partial charge in [-0.25, -0.2) is 4.99 Å². The predicted molar refractivity (Wildman–Crippen MR) is 114 cm³/mol. The number of aliphatic imine (C=N–C) groups is 1. The maximum Gasteiger partial charge on any atom is 0.191 e. The summed E-state index contributed by atoms with van der Waals surface area (Å²) in [5.41, 5.74) is 1.04. The van der Waals surface area contributed by atoms with Gasteiger partial charge in [-0.1, -0.05) is 0 Å². The van der Waals surface area contributed by atoms with Gasteiger partial charge in [0.15, 0.2) is 17.5 Å². The van der Waals surface area contributed by atoms with Crippen molar-refractivity contribution in [3.63, 3.8) is 0 Å². The zero-order chi connectivity index (χ0) is 17.4. The predicted octanol–water partition coefficient (Wildman–Crippen LogP) is 3.32. The number of rotatable bonds is 7. The third-order valence-electron chi connectivity index (χ3n) is 3.78. The molecule has 1 fully saturated rings. The number of hydrogen-bond donors (Lipinski definition) is 2. The lowest BCUT2D eigenvalue weighted by Gasteiger charge is -2.15. The van der Waals surface area contributed by atoms with Gasteiger partial charge >= 0.3 is 0 Å². The number of nitrogens with one attached hydrogen (secondary N) is 2. The first kappa shape index (κ1) is 22.3. The number of halogens is 2. The zero-order valence-corrected chi connectivity index (χ0v) is 18.8. The van der Waals surface area contributed by atoms with Gasteiger partial charge in [0.1, 0.15) is 0 Å². The molecule has 1 atom stereocenters. The Bertz CT molecular complexity index is 566. The molecule has 1 heterocycles. The van der Waals surface area contributed by atoms with E-state index in [1.807, 2.05) is 12.1 Å². The normalized spacial score (nSPS) is 17.0. The summed E-state index contributed by atoms with van der Waals surface area (Å²) in [6.07, 6.45) is 2.53. The first-order valence-corrected chi connectivity index (χ1v) is 9.01. The second kappa shape index (κ2) is 11.8. The lowest BCUT2D eigenvalue weighted by atomic mass is 10.2. The lowest BCUT2D eigenvalue weighted by Crippen LogP contribution is -2.41. The van der Waals surface area contributed by atoms with Crippen LogP contribution in [0.2, 0.25) is 0 Å². The van der Waals surface area contributed by atoms with Crippen molar-refractivity contribution in [2.24, 2.45) is 4.99 Å². The van der Waals surface area contributed by atoms with Crippen molar-refractivity contribution in [3.8, 4) is 11.5 Å². The molecule has 8 heteroatoms. The molecule has 0 aromatic heterocycles. The first-order chi connectivity index (χ1) is 11.7. The Kier molecular flexibility index (Phi) is 10.5. The van der Waals surface area contributed by atoms with Crippen LogP contribution in [-0.2, 0) is 11.3 Å². The van der Waals surface area contributed by atoms with E-state index >= 15 is 0 Å². The molecule has 142 valence electrons. The zero-order valence-electron chi connectivity index (χ0n) is 14.9. The van der Waals surface area contributed by atoms with Crippen LogP contribution in [0.25, 0.3) is 0 Å². The molecule has 0 bridgehead atoms. The van der Waals surface area contributed by atoms with Gasteiger partial charge in [0.2, 0.25) is 0 Å². The summed E-state index contributed by atoms with van der Waals surface area (Å²) in [5.74, 6) is 2.17. The molecule has 0 amide bonds. The summed E-state index contributed by atoms with van der Waals surface area (Å²) < 4.78 is 17.2. The van der Waals surface area contributed by atoms with Crippen LogP contribution in [0, 0.1) is 0 Å². The summed E-state index contributed by atoms with van der Waals surface area (Å²) in [4.78, 5) is 4.64. The van der Waals surface area contributed by atoms with Gasteiger partial charge < -0.3 is 24.8 Å². The number of methoxy groups -OCH3 is 2. The smallest absolute Gasteiger partial charge is 0.191 e. The highest BCUT2D eigenvalue weighted by atomic mass is 127. The maximum atomic E-state index is 5.63. The van der Waals surface area contributed by atoms with E-state index < -0.39 is 0 Å². The van der Waals surface area contributed by atoms with E-state index in [1.54, 1.807) is 14.2 Å². The van der Waals surface area contributed by atoms with Crippen LogP contribution in [0.5, 0.6) is 11.5 Å². The topological polar surface area (TPSA) is 64.1 Å². The SMILES string of the molecule is CCNC(=NCc1cc(Br)c(OC)c(OC)c1)NCC1CCCO1.I. The van der Waals surface area contributed by atoms with E-state index in [0.717, 1.165) is 48.5 Å². The van der Waals surface area contributed by atoms with Gasteiger partial charge in [-0.05, 0) is 53.4 Å². The molecule has 1 unspecified atom stereocenters. The molecule has 1 aromatic carbocycles. The molecule has 1 saturated heterocycles. The number of guanidine groups is 1. The molecule has 0 saturated carbocycles. The van der Waals surface area contributed by atoms with Crippen molar-refractivity contribution in [2.75, 3.05) is 33.9 Å². The van der Waals surface area contributed by atoms with Crippen molar-refractivity contribution >= 4 is 45.9 Å². The number of benzene rings is 1. The van der Waals surface area contributed by atoms with Gasteiger partial charge in [0, 0.05) is 19.7 Å². The summed E-state index contributed by atoms with van der Waals surface area (Å²) in [6.45, 7) is 5.05. The third-order valence-corrected chi connectivity index (χ3v) is 4.37. The summed E-state index contributed by atoms with van der Waals surface area (Å²) >= 11 is 3.51. The van der Waals surface area contributed by atoms with Gasteiger partial charge in [-0.15, -0.1) is 24.0 Å². The van der Waals surface area contributed by atoms with Crippen molar-refractivity contribution in [1.29, 1.82) is 0 Å². The highest BCUT2D eigenvalue weighted by Crippen LogP contribution is 2.36. The van der Waals surface area contributed by atoms with E-state index in [4.69, 9.17) is 14.2 Å². The molecule has 0 aliphatic carbocycles. The van der Waals surface area contributed by atoms with Gasteiger partial charge in [0.25, 0.3) is 0 Å². The van der Waals surface area contributed by atoms with E-state index in [2.05, 4.69) is 38.5 Å². The molecule has 2 rings (SSSR count). The number of ether oxygens (including phenoxy) is 3. The Morgan fingerprint density at radius 2 is 2.12 bits per heavy atom. The van der Waals surface area contributed by atoms with Gasteiger partial charge in [-0.2, -0.15) is 0 Å². The van der Waals surface area contributed by atoms with Crippen LogP contribution >= 0.6 is 39.9 Å². The molecule has 6 nitrogen and oxygen atoms in total. The van der Waals surface area contributed by atoms with Crippen molar-refractivity contribution in [3.05, 3.63) is 22.2 Å². The van der Waals surface area contributed by atoms with Gasteiger partial charge in [-0.3, -0.25) is 0 Å². The average Bonchev–Trinajstić information content (AvgIpc) is 3.10. The van der Waals surface area contributed by atoms with Crippen LogP contribution in [-0.4, -0.2) is 46.0 Å². The highest BCUT2D eigenvalue weighted by Gasteiger charge is 2.15. The van der Waals surface area contributed by atoms with Crippen LogP contribution in [0.4, 0.5) is 0 Å². The van der Waals surface area contributed by atoms with Crippen LogP contribution in [0.3, 0.4) is 0 Å². The lowest BCUT2D eigenvalue weighted by molar-refractivity contribution is 0.114. The van der Waals surface area contributed by atoms with Gasteiger partial charge in [0.05, 0.1) is 31.3 Å². The molecular weight excluding hydrogens is 501 g/mol. The first-order valence-electron chi connectivity index (χ1n) is 8.22. The van der Waals surface area contributed by atoms with E-state index in [1.165, 1.54) is 0 Å². The minimum atomic E-state index is 0. The minimum absolute atomic E-state index is 0. The standard InChI is InChI=1S/C17H26BrN3O3.HI/c1-4-19-17(21-11-13-6-5-7-24-13)20-10-12-8-14(18)16(23-3)15(9-12)22-2;/h8-9,13H,4-7,10-11H2,1-3H3,(H2,19,20,21);1H. The van der Waals surface area contributed by atoms with Crippen molar-refractivity contribution in [2.45, 2.75) is 32.4 Å². The average molecular weight is 528 g/mol. The summed E-state index contributed by atoms with van der Waals surface area (Å²) in [7, 11) is 3.25. The maximum absolute atomic E-state index is 5.63. The molecule has 1 aromatic rings. The molecule has 1 aliphatic rings. The highest BCUT2D eigenvalue weighted by molar-refractivity contribution is 14.0. The fourth-order valence-corrected chi connectivity index (χ4v) is 3.24. The second-order valence-electron chi connectivity index (χ2n) is 5.52. The Morgan fingerprint density at radius 1 is 1.32 bits per heavy atom. The monoisotopic (exact) mass is 527 g/mol. The molecule has 2 N–H and O–H groups in total. The Morgan fingerprint density at radius 3 is 2.72 bits per heavy atom. The minimum Gasteiger partial charge on any atom is -0.493 e. The molecular formula is C17H27BrIN3O3. The third kappa shape index (κ3) is 6.82. The molecule has 0 spiro atoms. The quantitative estimate of drug-likeness (QED) is 0.323. The second-order valence-corrected chi connectivity index (χ2v) is 6.38. The van der Waals surface area contributed by atoms with Crippen molar-refractivity contribution < 1.29 is 14.2 Å². The summed E-state index contributed by atoms with van der Waals surface area (Å²) in [5, 5.41) is 6.60. The van der Waals surface area contributed by atoms with Crippen LogP contribution < -0.4 is 20.1 Å². The number of nitrogens with zero attached hydrogens (tertiary/aromatic N) is 1. The largest absolute Gasteiger partial charge is 0.493 e. The Labute approximate surface area is 175 Å². The molecule has 1 aliphatic heterocycles. The van der Waals surface area contributed by atoms with E-state index in [-0.39, 0.29) is 30.1 Å².